The third-order valence-corrected chi connectivity index (χ3v) is 6.64. The Labute approximate surface area is 124 Å². The van der Waals surface area contributed by atoms with Gasteiger partial charge in [-0.1, -0.05) is 27.7 Å². The van der Waals surface area contributed by atoms with E-state index in [9.17, 15) is 5.11 Å². The Bertz CT molecular complexity index is 344. The van der Waals surface area contributed by atoms with E-state index in [-0.39, 0.29) is 12.1 Å². The lowest BCUT2D eigenvalue weighted by atomic mass is 9.70. The Hall–Kier alpha value is -0.120. The van der Waals surface area contributed by atoms with Crippen molar-refractivity contribution >= 4 is 0 Å². The van der Waals surface area contributed by atoms with Crippen LogP contribution in [0, 0.1) is 16.7 Å². The Kier molecular flexibility index (Phi) is 4.54. The molecule has 2 N–H and O–H groups in total. The summed E-state index contributed by atoms with van der Waals surface area (Å²) in [5, 5.41) is 12.9. The van der Waals surface area contributed by atoms with Gasteiger partial charge in [-0.25, -0.2) is 0 Å². The van der Waals surface area contributed by atoms with Crippen LogP contribution in [0.5, 0.6) is 0 Å². The topological polar surface area (TPSA) is 41.5 Å². The largest absolute Gasteiger partial charge is 0.394 e. The van der Waals surface area contributed by atoms with E-state index in [1.54, 1.807) is 0 Å². The lowest BCUT2D eigenvalue weighted by molar-refractivity contribution is -0.0539. The van der Waals surface area contributed by atoms with Gasteiger partial charge in [0, 0.05) is 12.1 Å². The highest BCUT2D eigenvalue weighted by molar-refractivity contribution is 5.11. The summed E-state index contributed by atoms with van der Waals surface area (Å²) in [6, 6.07) is 0. The SMILES string of the molecule is CCNC(C)(CO)CCOC1CC2CCC1(C)C2(C)C. The van der Waals surface area contributed by atoms with Crippen LogP contribution in [-0.4, -0.2) is 36.5 Å². The summed E-state index contributed by atoms with van der Waals surface area (Å²) in [6.45, 7) is 13.2. The molecule has 0 aromatic rings. The van der Waals surface area contributed by atoms with Crippen molar-refractivity contribution in [3.63, 3.8) is 0 Å². The highest BCUT2D eigenvalue weighted by atomic mass is 16.5. The third-order valence-electron chi connectivity index (χ3n) is 6.64. The molecule has 2 saturated carbocycles. The average Bonchev–Trinajstić information content (AvgIpc) is 2.72. The van der Waals surface area contributed by atoms with Gasteiger partial charge in [0.1, 0.15) is 0 Å². The summed E-state index contributed by atoms with van der Waals surface area (Å²) in [4.78, 5) is 0. The monoisotopic (exact) mass is 283 g/mol. The fourth-order valence-electron chi connectivity index (χ4n) is 4.46. The Morgan fingerprint density at radius 2 is 2.05 bits per heavy atom. The number of aliphatic hydroxyl groups is 1. The second kappa shape index (κ2) is 5.58. The van der Waals surface area contributed by atoms with Gasteiger partial charge < -0.3 is 15.2 Å². The lowest BCUT2D eigenvalue weighted by Gasteiger charge is -2.39. The fraction of sp³-hybridized carbons (Fsp3) is 1.00. The minimum absolute atomic E-state index is 0.167. The highest BCUT2D eigenvalue weighted by Crippen LogP contribution is 2.66. The second-order valence-corrected chi connectivity index (χ2v) is 7.97. The molecule has 2 fully saturated rings. The van der Waals surface area contributed by atoms with E-state index in [1.165, 1.54) is 19.3 Å². The zero-order chi connectivity index (χ0) is 15.0. The number of hydrogen-bond acceptors (Lipinski definition) is 3. The molecule has 20 heavy (non-hydrogen) atoms. The van der Waals surface area contributed by atoms with E-state index in [0.717, 1.165) is 25.5 Å². The van der Waals surface area contributed by atoms with Crippen molar-refractivity contribution in [3.8, 4) is 0 Å². The minimum Gasteiger partial charge on any atom is -0.394 e. The normalized spacial score (nSPS) is 38.1. The molecule has 2 aliphatic carbocycles. The van der Waals surface area contributed by atoms with Crippen LogP contribution in [0.1, 0.15) is 60.3 Å². The van der Waals surface area contributed by atoms with E-state index >= 15 is 0 Å². The Morgan fingerprint density at radius 3 is 2.50 bits per heavy atom. The molecule has 3 heteroatoms. The number of likely N-dealkylation sites (N-methyl/N-ethyl adjacent to an activating group) is 1. The second-order valence-electron chi connectivity index (χ2n) is 7.97. The maximum absolute atomic E-state index is 9.53. The van der Waals surface area contributed by atoms with E-state index < -0.39 is 0 Å². The van der Waals surface area contributed by atoms with Crippen molar-refractivity contribution in [2.24, 2.45) is 16.7 Å². The van der Waals surface area contributed by atoms with Gasteiger partial charge in [-0.15, -0.1) is 0 Å². The summed E-state index contributed by atoms with van der Waals surface area (Å²) in [6.07, 6.45) is 5.17. The standard InChI is InChI=1S/C17H33NO2/c1-6-18-16(4,12-19)9-10-20-14-11-13-7-8-17(14,5)15(13,2)3/h13-14,18-19H,6-12H2,1-5H3. The fourth-order valence-corrected chi connectivity index (χ4v) is 4.46. The highest BCUT2D eigenvalue weighted by Gasteiger charge is 2.61. The first-order valence-electron chi connectivity index (χ1n) is 8.26. The Balaban J connectivity index is 1.87. The number of rotatable bonds is 7. The predicted octanol–water partition coefficient (Wildman–Crippen LogP) is 2.97. The van der Waals surface area contributed by atoms with Crippen LogP contribution in [-0.2, 0) is 4.74 Å². The molecule has 4 atom stereocenters. The van der Waals surface area contributed by atoms with E-state index in [4.69, 9.17) is 4.74 Å². The van der Waals surface area contributed by atoms with Crippen molar-refractivity contribution < 1.29 is 9.84 Å². The summed E-state index contributed by atoms with van der Waals surface area (Å²) < 4.78 is 6.27. The number of nitrogens with one attached hydrogen (secondary N) is 1. The molecule has 0 aromatic carbocycles. The first-order valence-corrected chi connectivity index (χ1v) is 8.26. The zero-order valence-corrected chi connectivity index (χ0v) is 14.0. The van der Waals surface area contributed by atoms with Gasteiger partial charge in [0.2, 0.25) is 0 Å². The molecule has 3 nitrogen and oxygen atoms in total. The molecule has 0 spiro atoms. The van der Waals surface area contributed by atoms with Gasteiger partial charge in [0.15, 0.2) is 0 Å². The molecule has 0 heterocycles. The molecule has 0 saturated heterocycles. The maximum atomic E-state index is 9.53. The van der Waals surface area contributed by atoms with Gasteiger partial charge in [-0.3, -0.25) is 0 Å². The van der Waals surface area contributed by atoms with Crippen molar-refractivity contribution in [1.29, 1.82) is 0 Å². The summed E-state index contributed by atoms with van der Waals surface area (Å²) in [5.41, 5.74) is 0.549. The van der Waals surface area contributed by atoms with Gasteiger partial charge in [0.25, 0.3) is 0 Å². The number of ether oxygens (including phenoxy) is 1. The Morgan fingerprint density at radius 1 is 1.35 bits per heavy atom. The zero-order valence-electron chi connectivity index (χ0n) is 14.0. The third kappa shape index (κ3) is 2.53. The molecular formula is C17H33NO2. The lowest BCUT2D eigenvalue weighted by Crippen LogP contribution is -2.47. The molecule has 2 aliphatic rings. The van der Waals surface area contributed by atoms with Gasteiger partial charge >= 0.3 is 0 Å². The minimum atomic E-state index is -0.206. The van der Waals surface area contributed by atoms with Crippen LogP contribution in [0.2, 0.25) is 0 Å². The molecule has 0 radical (unpaired) electrons. The molecule has 0 amide bonds. The van der Waals surface area contributed by atoms with Crippen molar-refractivity contribution in [2.75, 3.05) is 19.8 Å². The summed E-state index contributed by atoms with van der Waals surface area (Å²) in [5.74, 6) is 0.829. The van der Waals surface area contributed by atoms with E-state index in [0.29, 0.717) is 16.9 Å². The van der Waals surface area contributed by atoms with Crippen LogP contribution >= 0.6 is 0 Å². The molecular weight excluding hydrogens is 250 g/mol. The van der Waals surface area contributed by atoms with Gasteiger partial charge in [-0.05, 0) is 55.9 Å². The van der Waals surface area contributed by atoms with Gasteiger partial charge in [0.05, 0.1) is 12.7 Å². The molecule has 118 valence electrons. The molecule has 2 rings (SSSR count). The quantitative estimate of drug-likeness (QED) is 0.755. The molecule has 0 aliphatic heterocycles. The average molecular weight is 283 g/mol. The maximum Gasteiger partial charge on any atom is 0.0636 e. The van der Waals surface area contributed by atoms with Crippen LogP contribution in [0.25, 0.3) is 0 Å². The smallest absolute Gasteiger partial charge is 0.0636 e. The van der Waals surface area contributed by atoms with Crippen molar-refractivity contribution in [1.82, 2.24) is 5.32 Å². The number of aliphatic hydroxyl groups excluding tert-OH is 1. The van der Waals surface area contributed by atoms with Crippen LogP contribution < -0.4 is 5.32 Å². The van der Waals surface area contributed by atoms with Crippen LogP contribution in [0.15, 0.2) is 0 Å². The molecule has 0 aromatic heterocycles. The van der Waals surface area contributed by atoms with Crippen LogP contribution in [0.4, 0.5) is 0 Å². The summed E-state index contributed by atoms with van der Waals surface area (Å²) in [7, 11) is 0. The van der Waals surface area contributed by atoms with Crippen LogP contribution in [0.3, 0.4) is 0 Å². The molecule has 4 unspecified atom stereocenters. The van der Waals surface area contributed by atoms with E-state index in [1.807, 2.05) is 0 Å². The number of fused-ring (bicyclic) bond motifs is 2. The molecule has 2 bridgehead atoms. The first-order chi connectivity index (χ1) is 9.29. The van der Waals surface area contributed by atoms with Crippen molar-refractivity contribution in [3.05, 3.63) is 0 Å². The first kappa shape index (κ1) is 16.3. The van der Waals surface area contributed by atoms with Crippen molar-refractivity contribution in [2.45, 2.75) is 71.9 Å². The van der Waals surface area contributed by atoms with E-state index in [2.05, 4.69) is 39.9 Å². The predicted molar refractivity (Wildman–Crippen MR) is 82.8 cm³/mol. The number of hydrogen-bond donors (Lipinski definition) is 2. The van der Waals surface area contributed by atoms with Gasteiger partial charge in [-0.2, -0.15) is 0 Å². The summed E-state index contributed by atoms with van der Waals surface area (Å²) >= 11 is 0.